The van der Waals surface area contributed by atoms with Gasteiger partial charge >= 0.3 is 0 Å². The van der Waals surface area contributed by atoms with Gasteiger partial charge in [-0.15, -0.1) is 0 Å². The number of thiazole rings is 1. The molecule has 0 aliphatic rings. The van der Waals surface area contributed by atoms with E-state index in [4.69, 9.17) is 16.7 Å². The Morgan fingerprint density at radius 1 is 1.45 bits per heavy atom. The first-order valence-corrected chi connectivity index (χ1v) is 7.94. The minimum absolute atomic E-state index is 0.0862. The fraction of sp³-hybridized carbons (Fsp3) is 0.100. The van der Waals surface area contributed by atoms with Crippen molar-refractivity contribution in [3.63, 3.8) is 0 Å². The van der Waals surface area contributed by atoms with E-state index in [0.29, 0.717) is 5.02 Å². The average molecular weight is 333 g/mol. The van der Waals surface area contributed by atoms with E-state index in [9.17, 15) is 13.2 Å². The van der Waals surface area contributed by atoms with Gasteiger partial charge in [-0.2, -0.15) is 0 Å². The number of amides is 1. The molecular formula is C10H9ClN4O3S2. The molecule has 0 unspecified atom stereocenters. The quantitative estimate of drug-likeness (QED) is 0.881. The molecule has 2 rings (SSSR count). The Bertz CT molecular complexity index is 755. The highest BCUT2D eigenvalue weighted by Crippen LogP contribution is 2.26. The van der Waals surface area contributed by atoms with Crippen LogP contribution in [0.5, 0.6) is 0 Å². The number of nitrogens with one attached hydrogen (secondary N) is 1. The van der Waals surface area contributed by atoms with Crippen molar-refractivity contribution in [2.75, 3.05) is 5.32 Å². The number of pyridine rings is 1. The maximum Gasteiger partial charge on any atom is 0.276 e. The van der Waals surface area contributed by atoms with Crippen LogP contribution in [0.25, 0.3) is 0 Å². The molecule has 0 aliphatic heterocycles. The van der Waals surface area contributed by atoms with Gasteiger partial charge in [-0.3, -0.25) is 10.1 Å². The van der Waals surface area contributed by atoms with Crippen LogP contribution in [-0.4, -0.2) is 24.3 Å². The van der Waals surface area contributed by atoms with E-state index in [1.54, 1.807) is 0 Å². The van der Waals surface area contributed by atoms with Crippen molar-refractivity contribution >= 4 is 44.0 Å². The molecule has 0 saturated heterocycles. The van der Waals surface area contributed by atoms with Gasteiger partial charge in [0.1, 0.15) is 5.69 Å². The number of hydrogen-bond acceptors (Lipinski definition) is 6. The summed E-state index contributed by atoms with van der Waals surface area (Å²) in [6.45, 7) is 1.49. The monoisotopic (exact) mass is 332 g/mol. The molecule has 2 heterocycles. The first kappa shape index (κ1) is 14.9. The predicted octanol–water partition coefficient (Wildman–Crippen LogP) is 1.40. The van der Waals surface area contributed by atoms with Gasteiger partial charge < -0.3 is 0 Å². The maximum atomic E-state index is 11.9. The molecule has 0 bridgehead atoms. The van der Waals surface area contributed by atoms with E-state index >= 15 is 0 Å². The van der Waals surface area contributed by atoms with Crippen LogP contribution in [0.3, 0.4) is 0 Å². The summed E-state index contributed by atoms with van der Waals surface area (Å²) in [6, 6.07) is 2.96. The molecule has 0 fully saturated rings. The average Bonchev–Trinajstić information content (AvgIpc) is 2.70. The minimum Gasteiger partial charge on any atom is -0.296 e. The van der Waals surface area contributed by atoms with Gasteiger partial charge in [0.05, 0.1) is 10.7 Å². The smallest absolute Gasteiger partial charge is 0.276 e. The first-order chi connectivity index (χ1) is 9.27. The van der Waals surface area contributed by atoms with E-state index in [1.165, 1.54) is 25.3 Å². The van der Waals surface area contributed by atoms with Crippen LogP contribution in [0.2, 0.25) is 5.02 Å². The summed E-state index contributed by atoms with van der Waals surface area (Å²) in [5.74, 6) is -0.517. The third kappa shape index (κ3) is 3.31. The second-order valence-corrected chi connectivity index (χ2v) is 6.94. The maximum absolute atomic E-state index is 11.9. The molecule has 7 nitrogen and oxygen atoms in total. The molecule has 0 saturated carbocycles. The van der Waals surface area contributed by atoms with Gasteiger partial charge in [-0.05, 0) is 19.1 Å². The van der Waals surface area contributed by atoms with Gasteiger partial charge in [0.15, 0.2) is 9.34 Å². The number of hydrogen-bond donors (Lipinski definition) is 2. The Morgan fingerprint density at radius 3 is 2.65 bits per heavy atom. The number of anilines is 1. The molecule has 0 aliphatic carbocycles. The molecule has 0 radical (unpaired) electrons. The van der Waals surface area contributed by atoms with E-state index < -0.39 is 15.9 Å². The largest absolute Gasteiger partial charge is 0.296 e. The Hall–Kier alpha value is -1.55. The van der Waals surface area contributed by atoms with Crippen LogP contribution in [0, 0.1) is 6.92 Å². The van der Waals surface area contributed by atoms with Crippen LogP contribution in [-0.2, 0) is 10.0 Å². The second kappa shape index (κ2) is 5.44. The summed E-state index contributed by atoms with van der Waals surface area (Å²) in [7, 11) is -3.85. The van der Waals surface area contributed by atoms with E-state index in [-0.39, 0.29) is 20.7 Å². The molecule has 106 valence electrons. The SMILES string of the molecule is Cc1nc(NC(=O)c2ccc(Cl)cn2)sc1S(N)(=O)=O. The Balaban J connectivity index is 2.23. The van der Waals surface area contributed by atoms with Crippen molar-refractivity contribution in [2.45, 2.75) is 11.1 Å². The van der Waals surface area contributed by atoms with Crippen molar-refractivity contribution < 1.29 is 13.2 Å². The van der Waals surface area contributed by atoms with Crippen LogP contribution in [0.4, 0.5) is 5.13 Å². The third-order valence-electron chi connectivity index (χ3n) is 2.19. The van der Waals surface area contributed by atoms with Gasteiger partial charge in [0.2, 0.25) is 10.0 Å². The number of sulfonamides is 1. The van der Waals surface area contributed by atoms with E-state index in [1.807, 2.05) is 0 Å². The Morgan fingerprint density at radius 2 is 2.15 bits per heavy atom. The zero-order valence-corrected chi connectivity index (χ0v) is 12.5. The summed E-state index contributed by atoms with van der Waals surface area (Å²) >= 11 is 6.45. The zero-order valence-electron chi connectivity index (χ0n) is 10.1. The van der Waals surface area contributed by atoms with Crippen molar-refractivity contribution in [3.8, 4) is 0 Å². The summed E-state index contributed by atoms with van der Waals surface area (Å²) in [5, 5.41) is 8.02. The molecule has 10 heteroatoms. The highest BCUT2D eigenvalue weighted by molar-refractivity contribution is 7.91. The van der Waals surface area contributed by atoms with Crippen LogP contribution in [0.1, 0.15) is 16.2 Å². The number of carbonyl (C=O) groups is 1. The van der Waals surface area contributed by atoms with Crippen molar-refractivity contribution in [3.05, 3.63) is 34.7 Å². The van der Waals surface area contributed by atoms with Gasteiger partial charge in [-0.1, -0.05) is 22.9 Å². The highest BCUT2D eigenvalue weighted by Gasteiger charge is 2.19. The number of primary sulfonamides is 1. The fourth-order valence-electron chi connectivity index (χ4n) is 1.37. The molecular weight excluding hydrogens is 324 g/mol. The third-order valence-corrected chi connectivity index (χ3v) is 5.04. The molecule has 2 aromatic rings. The van der Waals surface area contributed by atoms with E-state index in [0.717, 1.165) is 11.3 Å². The minimum atomic E-state index is -3.85. The van der Waals surface area contributed by atoms with Crippen LogP contribution in [0.15, 0.2) is 22.5 Å². The standard InChI is InChI=1S/C10H9ClN4O3S2/c1-5-9(20(12,17)18)19-10(14-5)15-8(16)7-3-2-6(11)4-13-7/h2-4H,1H3,(H2,12,17,18)(H,14,15,16). The van der Waals surface area contributed by atoms with Crippen LogP contribution < -0.4 is 10.5 Å². The van der Waals surface area contributed by atoms with Gasteiger partial charge in [0.25, 0.3) is 5.91 Å². The zero-order chi connectivity index (χ0) is 14.9. The Labute approximate surface area is 123 Å². The summed E-state index contributed by atoms with van der Waals surface area (Å²) in [5.41, 5.74) is 0.372. The number of aryl methyl sites for hydroxylation is 1. The molecule has 2 aromatic heterocycles. The lowest BCUT2D eigenvalue weighted by atomic mass is 10.3. The topological polar surface area (TPSA) is 115 Å². The summed E-state index contributed by atoms with van der Waals surface area (Å²) in [4.78, 5) is 19.6. The molecule has 0 aromatic carbocycles. The predicted molar refractivity (Wildman–Crippen MR) is 75.4 cm³/mol. The first-order valence-electron chi connectivity index (χ1n) is 5.20. The number of nitrogens with two attached hydrogens (primary N) is 1. The number of aromatic nitrogens is 2. The molecule has 1 amide bonds. The lowest BCUT2D eigenvalue weighted by Gasteiger charge is -2.00. The van der Waals surface area contributed by atoms with Crippen molar-refractivity contribution in [1.82, 2.24) is 9.97 Å². The lowest BCUT2D eigenvalue weighted by molar-refractivity contribution is 0.102. The molecule has 0 spiro atoms. The molecule has 3 N–H and O–H groups in total. The highest BCUT2D eigenvalue weighted by atomic mass is 35.5. The van der Waals surface area contributed by atoms with Gasteiger partial charge in [-0.25, -0.2) is 23.5 Å². The van der Waals surface area contributed by atoms with Crippen molar-refractivity contribution in [2.24, 2.45) is 5.14 Å². The lowest BCUT2D eigenvalue weighted by Crippen LogP contribution is -2.13. The number of carbonyl (C=O) groups excluding carboxylic acids is 1. The summed E-state index contributed by atoms with van der Waals surface area (Å²) in [6.07, 6.45) is 1.33. The van der Waals surface area contributed by atoms with Gasteiger partial charge in [0, 0.05) is 6.20 Å². The van der Waals surface area contributed by atoms with E-state index in [2.05, 4.69) is 15.3 Å². The Kier molecular flexibility index (Phi) is 4.04. The fourth-order valence-corrected chi connectivity index (χ4v) is 3.34. The van der Waals surface area contributed by atoms with Crippen LogP contribution >= 0.6 is 22.9 Å². The second-order valence-electron chi connectivity index (χ2n) is 3.75. The number of rotatable bonds is 3. The molecule has 20 heavy (non-hydrogen) atoms. The molecule has 0 atom stereocenters. The number of nitrogens with zero attached hydrogens (tertiary/aromatic N) is 2. The normalized spacial score (nSPS) is 11.3. The van der Waals surface area contributed by atoms with Crippen molar-refractivity contribution in [1.29, 1.82) is 0 Å². The number of halogens is 1. The summed E-state index contributed by atoms with van der Waals surface area (Å²) < 4.78 is 22.5.